The minimum Gasteiger partial charge on any atom is -0.438 e. The molecule has 4 heterocycles. The number of halogens is 3. The van der Waals surface area contributed by atoms with E-state index in [4.69, 9.17) is 4.42 Å². The van der Waals surface area contributed by atoms with Gasteiger partial charge in [0, 0.05) is 0 Å². The summed E-state index contributed by atoms with van der Waals surface area (Å²) in [5, 5.41) is 3.23. The fourth-order valence-corrected chi connectivity index (χ4v) is 3.36. The molecule has 1 atom stereocenters. The Morgan fingerprint density at radius 1 is 1.25 bits per heavy atom. The van der Waals surface area contributed by atoms with E-state index in [1.165, 1.54) is 11.2 Å². The summed E-state index contributed by atoms with van der Waals surface area (Å²) < 4.78 is 45.0. The third kappa shape index (κ3) is 2.39. The molecule has 11 heteroatoms. The predicted molar refractivity (Wildman–Crippen MR) is 87.8 cm³/mol. The van der Waals surface area contributed by atoms with Gasteiger partial charge in [0.2, 0.25) is 5.89 Å². The zero-order valence-corrected chi connectivity index (χ0v) is 14.0. The van der Waals surface area contributed by atoms with Crippen molar-refractivity contribution in [2.45, 2.75) is 18.9 Å². The van der Waals surface area contributed by atoms with Crippen molar-refractivity contribution in [1.82, 2.24) is 29.6 Å². The molecule has 1 aliphatic heterocycles. The summed E-state index contributed by atoms with van der Waals surface area (Å²) >= 11 is 0. The van der Waals surface area contributed by atoms with Gasteiger partial charge in [-0.2, -0.15) is 9.78 Å². The molecule has 0 bridgehead atoms. The molecule has 1 amide bonds. The first kappa shape index (κ1) is 16.5. The van der Waals surface area contributed by atoms with Crippen LogP contribution in [0.1, 0.15) is 33.8 Å². The van der Waals surface area contributed by atoms with E-state index >= 15 is 0 Å². The van der Waals surface area contributed by atoms with E-state index in [1.807, 2.05) is 0 Å². The number of aromatic amines is 1. The minimum atomic E-state index is -4.81. The van der Waals surface area contributed by atoms with Crippen molar-refractivity contribution in [2.24, 2.45) is 0 Å². The van der Waals surface area contributed by atoms with E-state index < -0.39 is 23.9 Å². The number of fused-ring (bicyclic) bond motifs is 2. The Kier molecular flexibility index (Phi) is 3.36. The number of oxazole rings is 1. The fraction of sp³-hybridized carbons (Fsp3) is 0.176. The Morgan fingerprint density at radius 2 is 2.07 bits per heavy atom. The molecule has 0 spiro atoms. The van der Waals surface area contributed by atoms with Crippen LogP contribution >= 0.6 is 0 Å². The highest BCUT2D eigenvalue weighted by molar-refractivity contribution is 5.93. The number of rotatable bonds is 2. The van der Waals surface area contributed by atoms with Gasteiger partial charge in [-0.1, -0.05) is 12.1 Å². The predicted octanol–water partition coefficient (Wildman–Crippen LogP) is 2.97. The van der Waals surface area contributed by atoms with Crippen LogP contribution < -0.4 is 0 Å². The van der Waals surface area contributed by atoms with Crippen LogP contribution in [-0.4, -0.2) is 35.5 Å². The van der Waals surface area contributed by atoms with Gasteiger partial charge in [-0.15, -0.1) is 13.2 Å². The maximum atomic E-state index is 13.2. The molecule has 0 fully saturated rings. The number of carbonyl (C=O) groups is 1. The molecule has 4 aromatic rings. The number of amides is 1. The number of H-pyrrole nitrogens is 1. The van der Waals surface area contributed by atoms with Gasteiger partial charge in [0.15, 0.2) is 11.6 Å². The molecule has 142 valence electrons. The van der Waals surface area contributed by atoms with Crippen LogP contribution in [0.2, 0.25) is 0 Å². The van der Waals surface area contributed by atoms with Crippen LogP contribution in [0.4, 0.5) is 13.2 Å². The monoisotopic (exact) mass is 388 g/mol. The molecule has 0 saturated carbocycles. The Balaban J connectivity index is 1.60. The summed E-state index contributed by atoms with van der Waals surface area (Å²) in [5.74, 6) is -0.674. The molecule has 28 heavy (non-hydrogen) atoms. The fourth-order valence-electron chi connectivity index (χ4n) is 3.36. The van der Waals surface area contributed by atoms with Gasteiger partial charge in [-0.25, -0.2) is 9.97 Å². The lowest BCUT2D eigenvalue weighted by molar-refractivity contribution is -0.213. The average molecular weight is 388 g/mol. The second-order valence-electron chi connectivity index (χ2n) is 6.22. The van der Waals surface area contributed by atoms with Gasteiger partial charge in [0.25, 0.3) is 5.91 Å². The summed E-state index contributed by atoms with van der Waals surface area (Å²) in [5.41, 5.74) is 1.58. The number of aromatic nitrogens is 5. The van der Waals surface area contributed by atoms with Crippen molar-refractivity contribution in [3.8, 4) is 0 Å². The number of imidazole rings is 1. The summed E-state index contributed by atoms with van der Waals surface area (Å²) in [6.45, 7) is 0.0423. The molecule has 0 saturated heterocycles. The zero-order chi connectivity index (χ0) is 19.5. The quantitative estimate of drug-likeness (QED) is 0.570. The van der Waals surface area contributed by atoms with Gasteiger partial charge < -0.3 is 14.3 Å². The highest BCUT2D eigenvalue weighted by Gasteiger charge is 2.43. The van der Waals surface area contributed by atoms with Crippen molar-refractivity contribution in [2.75, 3.05) is 0 Å². The van der Waals surface area contributed by atoms with Gasteiger partial charge in [0.1, 0.15) is 11.2 Å². The second-order valence-corrected chi connectivity index (χ2v) is 6.22. The van der Waals surface area contributed by atoms with Crippen molar-refractivity contribution in [3.63, 3.8) is 0 Å². The largest absolute Gasteiger partial charge is 0.505 e. The first-order valence-corrected chi connectivity index (χ1v) is 8.23. The van der Waals surface area contributed by atoms with Crippen molar-refractivity contribution < 1.29 is 22.4 Å². The lowest BCUT2D eigenvalue weighted by atomic mass is 10.2. The van der Waals surface area contributed by atoms with Gasteiger partial charge in [-0.3, -0.25) is 4.79 Å². The normalized spacial score (nSPS) is 16.7. The Labute approximate surface area is 154 Å². The summed E-state index contributed by atoms with van der Waals surface area (Å²) in [4.78, 5) is 25.8. The lowest BCUT2D eigenvalue weighted by Gasteiger charge is -2.23. The Bertz CT molecular complexity index is 1160. The first-order chi connectivity index (χ1) is 13.4. The number of nitrogens with zero attached hydrogens (tertiary/aromatic N) is 5. The second kappa shape index (κ2) is 5.68. The van der Waals surface area contributed by atoms with E-state index in [0.29, 0.717) is 22.5 Å². The minimum absolute atomic E-state index is 0.0423. The van der Waals surface area contributed by atoms with Crippen molar-refractivity contribution in [1.29, 1.82) is 0 Å². The summed E-state index contributed by atoms with van der Waals surface area (Å²) in [6.07, 6.45) is -2.42. The van der Waals surface area contributed by atoms with Crippen LogP contribution in [0.5, 0.6) is 0 Å². The van der Waals surface area contributed by atoms with Gasteiger partial charge in [0.05, 0.1) is 30.5 Å². The molecule has 5 rings (SSSR count). The molecule has 0 aliphatic carbocycles. The van der Waals surface area contributed by atoms with Crippen LogP contribution in [0.3, 0.4) is 0 Å². The molecule has 1 aromatic carbocycles. The number of carbonyl (C=O) groups excluding carboxylic acids is 1. The summed E-state index contributed by atoms with van der Waals surface area (Å²) in [7, 11) is 0. The van der Waals surface area contributed by atoms with Crippen LogP contribution in [-0.2, 0) is 12.8 Å². The highest BCUT2D eigenvalue weighted by Crippen LogP contribution is 2.38. The molecule has 1 aliphatic rings. The van der Waals surface area contributed by atoms with Crippen LogP contribution in [0.25, 0.3) is 11.1 Å². The molecular formula is C17H11F3N6O2. The number of hydrogen-bond acceptors (Lipinski definition) is 5. The summed E-state index contributed by atoms with van der Waals surface area (Å²) in [6, 6.07) is 7.20. The third-order valence-electron chi connectivity index (χ3n) is 4.56. The first-order valence-electron chi connectivity index (χ1n) is 8.23. The molecule has 0 unspecified atom stereocenters. The Morgan fingerprint density at radius 3 is 2.86 bits per heavy atom. The average Bonchev–Trinajstić information content (AvgIpc) is 3.40. The molecule has 1 N–H and O–H groups in total. The molecule has 0 radical (unpaired) electrons. The Hall–Kier alpha value is -3.63. The number of hydrogen-bond donors (Lipinski definition) is 1. The third-order valence-corrected chi connectivity index (χ3v) is 4.56. The SMILES string of the molecule is O=C(c1ccnn1C(F)(F)F)N1Cc2[nH]cnc2[C@@H]1c1nc2ccccc2o1. The smallest absolute Gasteiger partial charge is 0.438 e. The number of alkyl halides is 3. The molecule has 8 nitrogen and oxygen atoms in total. The van der Waals surface area contributed by atoms with Crippen LogP contribution in [0, 0.1) is 0 Å². The maximum Gasteiger partial charge on any atom is 0.505 e. The maximum absolute atomic E-state index is 13.2. The number of nitrogens with one attached hydrogen (secondary N) is 1. The van der Waals surface area contributed by atoms with Gasteiger partial charge >= 0.3 is 6.30 Å². The van der Waals surface area contributed by atoms with Crippen LogP contribution in [0.15, 0.2) is 47.3 Å². The zero-order valence-electron chi connectivity index (χ0n) is 14.0. The standard InChI is InChI=1S/C17H11F3N6O2/c18-17(19,20)26-11(5-6-23-26)16(27)25-7-10-13(22-8-21-10)14(25)15-24-9-3-1-2-4-12(9)28-15/h1-6,8,14H,7H2,(H,21,22)/t14-/m1/s1. The number of benzene rings is 1. The van der Waals surface area contributed by atoms with E-state index in [-0.39, 0.29) is 17.1 Å². The van der Waals surface area contributed by atoms with E-state index in [0.717, 1.165) is 12.3 Å². The van der Waals surface area contributed by atoms with Crippen molar-refractivity contribution in [3.05, 3.63) is 65.8 Å². The van der Waals surface area contributed by atoms with E-state index in [9.17, 15) is 18.0 Å². The highest BCUT2D eigenvalue weighted by atomic mass is 19.4. The van der Waals surface area contributed by atoms with E-state index in [1.54, 1.807) is 24.3 Å². The topological polar surface area (TPSA) is 92.8 Å². The molecular weight excluding hydrogens is 377 g/mol. The number of para-hydroxylation sites is 2. The van der Waals surface area contributed by atoms with E-state index in [2.05, 4.69) is 20.1 Å². The van der Waals surface area contributed by atoms with Gasteiger partial charge in [-0.05, 0) is 18.2 Å². The lowest BCUT2D eigenvalue weighted by Crippen LogP contribution is -2.34. The molecule has 3 aromatic heterocycles. The van der Waals surface area contributed by atoms with Crippen molar-refractivity contribution >= 4 is 17.0 Å².